The van der Waals surface area contributed by atoms with Crippen LogP contribution in [0.25, 0.3) is 0 Å². The van der Waals surface area contributed by atoms with E-state index in [4.69, 9.17) is 4.74 Å². The van der Waals surface area contributed by atoms with Crippen molar-refractivity contribution in [2.45, 2.75) is 6.92 Å². The van der Waals surface area contributed by atoms with Crippen LogP contribution in [0.4, 0.5) is 11.4 Å². The number of ether oxygens (including phenoxy) is 1. The average Bonchev–Trinajstić information content (AvgIpc) is 2.73. The lowest BCUT2D eigenvalue weighted by Crippen LogP contribution is -2.08. The van der Waals surface area contributed by atoms with Gasteiger partial charge in [-0.1, -0.05) is 48.5 Å². The van der Waals surface area contributed by atoms with Gasteiger partial charge in [0, 0.05) is 5.56 Å². The number of hydrogen-bond donors (Lipinski definition) is 0. The topological polar surface area (TPSA) is 68.1 Å². The summed E-state index contributed by atoms with van der Waals surface area (Å²) in [5.41, 5.74) is 2.17. The van der Waals surface area contributed by atoms with Crippen LogP contribution in [0.15, 0.2) is 89.1 Å². The molecule has 0 aliphatic rings. The van der Waals surface area contributed by atoms with Crippen LogP contribution >= 0.6 is 0 Å². The smallest absolute Gasteiger partial charge is 0.338 e. The lowest BCUT2D eigenvalue weighted by atomic mass is 9.99. The Morgan fingerprint density at radius 2 is 1.48 bits per heavy atom. The Bertz CT molecular complexity index is 967. The number of carbonyl (C=O) groups is 2. The first-order valence-electron chi connectivity index (χ1n) is 8.56. The molecule has 3 rings (SSSR count). The average molecular weight is 358 g/mol. The van der Waals surface area contributed by atoms with E-state index in [1.807, 2.05) is 36.4 Å². The van der Waals surface area contributed by atoms with Crippen molar-refractivity contribution in [1.82, 2.24) is 0 Å². The summed E-state index contributed by atoms with van der Waals surface area (Å²) < 4.78 is 5.03. The van der Waals surface area contributed by atoms with Gasteiger partial charge in [0.1, 0.15) is 0 Å². The van der Waals surface area contributed by atoms with Gasteiger partial charge in [0.25, 0.3) is 0 Å². The van der Waals surface area contributed by atoms with Gasteiger partial charge >= 0.3 is 5.97 Å². The molecular formula is C22H18N2O3. The second kappa shape index (κ2) is 8.67. The zero-order valence-electron chi connectivity index (χ0n) is 14.8. The van der Waals surface area contributed by atoms with Gasteiger partial charge < -0.3 is 4.74 Å². The molecule has 0 unspecified atom stereocenters. The molecule has 3 aromatic carbocycles. The van der Waals surface area contributed by atoms with Crippen molar-refractivity contribution >= 4 is 23.1 Å². The third kappa shape index (κ3) is 4.52. The molecule has 0 aliphatic carbocycles. The molecule has 5 heteroatoms. The van der Waals surface area contributed by atoms with Crippen molar-refractivity contribution in [2.24, 2.45) is 10.2 Å². The lowest BCUT2D eigenvalue weighted by molar-refractivity contribution is 0.0526. The van der Waals surface area contributed by atoms with Gasteiger partial charge in [0.2, 0.25) is 0 Å². The van der Waals surface area contributed by atoms with E-state index < -0.39 is 5.97 Å². The van der Waals surface area contributed by atoms with Crippen LogP contribution in [0.5, 0.6) is 0 Å². The number of azo groups is 1. The van der Waals surface area contributed by atoms with Gasteiger partial charge in [0.05, 0.1) is 29.1 Å². The molecule has 0 aliphatic heterocycles. The molecule has 0 aromatic heterocycles. The van der Waals surface area contributed by atoms with Crippen LogP contribution in [0.2, 0.25) is 0 Å². The van der Waals surface area contributed by atoms with E-state index in [2.05, 4.69) is 10.2 Å². The molecule has 0 atom stereocenters. The van der Waals surface area contributed by atoms with Gasteiger partial charge in [-0.05, 0) is 37.3 Å². The van der Waals surface area contributed by atoms with Crippen LogP contribution in [-0.4, -0.2) is 18.4 Å². The molecule has 0 heterocycles. The fraction of sp³-hybridized carbons (Fsp3) is 0.0909. The number of esters is 1. The number of nitrogens with zero attached hydrogens (tertiary/aromatic N) is 2. The Labute approximate surface area is 157 Å². The summed E-state index contributed by atoms with van der Waals surface area (Å²) in [5.74, 6) is -0.713. The minimum atomic E-state index is -0.480. The first-order valence-corrected chi connectivity index (χ1v) is 8.56. The van der Waals surface area contributed by atoms with Crippen LogP contribution in [-0.2, 0) is 4.74 Å². The van der Waals surface area contributed by atoms with Crippen LogP contribution in [0.3, 0.4) is 0 Å². The van der Waals surface area contributed by atoms with Crippen LogP contribution < -0.4 is 0 Å². The SMILES string of the molecule is CCOC(=O)c1ccc(N=Nc2ccccc2)c(C(=O)c2ccccc2)c1. The highest BCUT2D eigenvalue weighted by molar-refractivity contribution is 6.12. The Balaban J connectivity index is 2.02. The maximum atomic E-state index is 13.0. The maximum Gasteiger partial charge on any atom is 0.338 e. The van der Waals surface area contributed by atoms with Gasteiger partial charge in [0.15, 0.2) is 5.78 Å². The summed E-state index contributed by atoms with van der Waals surface area (Å²) in [5, 5.41) is 8.40. The van der Waals surface area contributed by atoms with Crippen molar-refractivity contribution in [2.75, 3.05) is 6.61 Å². The molecule has 5 nitrogen and oxygen atoms in total. The Hall–Kier alpha value is -3.60. The van der Waals surface area contributed by atoms with E-state index in [0.717, 1.165) is 0 Å². The van der Waals surface area contributed by atoms with E-state index in [9.17, 15) is 9.59 Å². The molecule has 0 bridgehead atoms. The molecule has 3 aromatic rings. The highest BCUT2D eigenvalue weighted by Crippen LogP contribution is 2.26. The van der Waals surface area contributed by atoms with E-state index in [1.165, 1.54) is 6.07 Å². The second-order valence-corrected chi connectivity index (χ2v) is 5.68. The van der Waals surface area contributed by atoms with Gasteiger partial charge in [-0.2, -0.15) is 5.11 Å². The van der Waals surface area contributed by atoms with E-state index in [-0.39, 0.29) is 12.4 Å². The number of benzene rings is 3. The Morgan fingerprint density at radius 1 is 0.815 bits per heavy atom. The molecule has 0 saturated carbocycles. The quantitative estimate of drug-likeness (QED) is 0.331. The van der Waals surface area contributed by atoms with Gasteiger partial charge in [-0.15, -0.1) is 5.11 Å². The number of rotatable bonds is 6. The summed E-state index contributed by atoms with van der Waals surface area (Å²) in [6.45, 7) is 1.99. The molecule has 0 spiro atoms. The highest BCUT2D eigenvalue weighted by Gasteiger charge is 2.17. The molecule has 134 valence electrons. The summed E-state index contributed by atoms with van der Waals surface area (Å²) in [6, 6.07) is 22.8. The third-order valence-electron chi connectivity index (χ3n) is 3.82. The third-order valence-corrected chi connectivity index (χ3v) is 3.82. The largest absolute Gasteiger partial charge is 0.462 e. The number of ketones is 1. The van der Waals surface area contributed by atoms with Crippen molar-refractivity contribution in [3.63, 3.8) is 0 Å². The molecule has 0 radical (unpaired) electrons. The number of hydrogen-bond acceptors (Lipinski definition) is 5. The molecule has 0 fully saturated rings. The van der Waals surface area contributed by atoms with E-state index in [0.29, 0.717) is 28.1 Å². The zero-order chi connectivity index (χ0) is 19.1. The van der Waals surface area contributed by atoms with Crippen molar-refractivity contribution in [3.8, 4) is 0 Å². The molecule has 0 saturated heterocycles. The summed E-state index contributed by atoms with van der Waals surface area (Å²) in [4.78, 5) is 25.0. The van der Waals surface area contributed by atoms with Crippen molar-refractivity contribution in [3.05, 3.63) is 95.6 Å². The first kappa shape index (κ1) is 18.2. The molecule has 0 amide bonds. The Kier molecular flexibility index (Phi) is 5.84. The lowest BCUT2D eigenvalue weighted by Gasteiger charge is -2.08. The predicted octanol–water partition coefficient (Wildman–Crippen LogP) is 5.51. The van der Waals surface area contributed by atoms with E-state index >= 15 is 0 Å². The Morgan fingerprint density at radius 3 is 2.15 bits per heavy atom. The monoisotopic (exact) mass is 358 g/mol. The van der Waals surface area contributed by atoms with Crippen LogP contribution in [0.1, 0.15) is 33.2 Å². The molecule has 27 heavy (non-hydrogen) atoms. The summed E-state index contributed by atoms with van der Waals surface area (Å²) >= 11 is 0. The number of carbonyl (C=O) groups excluding carboxylic acids is 2. The van der Waals surface area contributed by atoms with E-state index in [1.54, 1.807) is 43.3 Å². The van der Waals surface area contributed by atoms with Crippen molar-refractivity contribution in [1.29, 1.82) is 0 Å². The summed E-state index contributed by atoms with van der Waals surface area (Å²) in [7, 11) is 0. The summed E-state index contributed by atoms with van der Waals surface area (Å²) in [6.07, 6.45) is 0. The fourth-order valence-electron chi connectivity index (χ4n) is 2.50. The predicted molar refractivity (Wildman–Crippen MR) is 103 cm³/mol. The maximum absolute atomic E-state index is 13.0. The minimum absolute atomic E-state index is 0.233. The fourth-order valence-corrected chi connectivity index (χ4v) is 2.50. The molecular weight excluding hydrogens is 340 g/mol. The molecule has 0 N–H and O–H groups in total. The van der Waals surface area contributed by atoms with Gasteiger partial charge in [-0.25, -0.2) is 4.79 Å². The van der Waals surface area contributed by atoms with Crippen LogP contribution in [0, 0.1) is 0 Å². The zero-order valence-corrected chi connectivity index (χ0v) is 14.8. The highest BCUT2D eigenvalue weighted by atomic mass is 16.5. The second-order valence-electron chi connectivity index (χ2n) is 5.68. The standard InChI is InChI=1S/C22H18N2O3/c1-2-27-22(26)17-13-14-20(24-23-18-11-7-4-8-12-18)19(15-17)21(25)16-9-5-3-6-10-16/h3-15H,2H2,1H3. The first-order chi connectivity index (χ1) is 13.2. The van der Waals surface area contributed by atoms with Gasteiger partial charge in [-0.3, -0.25) is 4.79 Å². The normalized spacial score (nSPS) is 10.7. The van der Waals surface area contributed by atoms with Crippen molar-refractivity contribution < 1.29 is 14.3 Å². The minimum Gasteiger partial charge on any atom is -0.462 e.